The van der Waals surface area contributed by atoms with Gasteiger partial charge in [0.2, 0.25) is 0 Å². The van der Waals surface area contributed by atoms with Crippen molar-refractivity contribution in [2.45, 2.75) is 13.0 Å². The SMILES string of the molecule is CC(CN=C(c1ccccc1)c1ccccc1O)N=C(c1ccccc1)c1ccccc1O. The van der Waals surface area contributed by atoms with Crippen LogP contribution in [0.4, 0.5) is 0 Å². The normalized spacial score (nSPS) is 13.0. The number of phenols is 2. The van der Waals surface area contributed by atoms with Crippen LogP contribution in [-0.4, -0.2) is 34.2 Å². The minimum absolute atomic E-state index is 0.163. The lowest BCUT2D eigenvalue weighted by molar-refractivity contribution is 0.473. The Labute approximate surface area is 194 Å². The molecule has 0 spiro atoms. The summed E-state index contributed by atoms with van der Waals surface area (Å²) in [5.74, 6) is 0.380. The van der Waals surface area contributed by atoms with Crippen molar-refractivity contribution in [1.29, 1.82) is 0 Å². The minimum Gasteiger partial charge on any atom is -0.507 e. The molecule has 0 fully saturated rings. The van der Waals surface area contributed by atoms with E-state index in [9.17, 15) is 10.2 Å². The number of hydrogen-bond acceptors (Lipinski definition) is 4. The summed E-state index contributed by atoms with van der Waals surface area (Å²) in [5.41, 5.74) is 4.67. The molecule has 0 saturated heterocycles. The van der Waals surface area contributed by atoms with Crippen molar-refractivity contribution in [3.8, 4) is 11.5 Å². The minimum atomic E-state index is -0.163. The van der Waals surface area contributed by atoms with Gasteiger partial charge in [0.05, 0.1) is 24.0 Å². The van der Waals surface area contributed by atoms with E-state index in [-0.39, 0.29) is 17.5 Å². The van der Waals surface area contributed by atoms with Gasteiger partial charge in [-0.05, 0) is 31.2 Å². The van der Waals surface area contributed by atoms with Crippen LogP contribution < -0.4 is 0 Å². The molecular weight excluding hydrogens is 408 g/mol. The fourth-order valence-electron chi connectivity index (χ4n) is 3.66. The molecule has 1 atom stereocenters. The largest absolute Gasteiger partial charge is 0.507 e. The van der Waals surface area contributed by atoms with E-state index in [1.54, 1.807) is 24.3 Å². The number of aliphatic imine (C=N–C) groups is 2. The highest BCUT2D eigenvalue weighted by Crippen LogP contribution is 2.23. The molecule has 0 heterocycles. The molecule has 0 aliphatic heterocycles. The van der Waals surface area contributed by atoms with Crippen molar-refractivity contribution < 1.29 is 10.2 Å². The van der Waals surface area contributed by atoms with Gasteiger partial charge in [-0.25, -0.2) is 0 Å². The lowest BCUT2D eigenvalue weighted by atomic mass is 10.0. The van der Waals surface area contributed by atoms with Crippen molar-refractivity contribution >= 4 is 11.4 Å². The zero-order valence-electron chi connectivity index (χ0n) is 18.5. The Kier molecular flexibility index (Phi) is 6.96. The number of rotatable bonds is 7. The number of benzene rings is 4. The Balaban J connectivity index is 1.71. The summed E-state index contributed by atoms with van der Waals surface area (Å²) in [6.45, 7) is 2.42. The molecule has 164 valence electrons. The predicted octanol–water partition coefficient (Wildman–Crippen LogP) is 5.86. The number of hydrogen-bond donors (Lipinski definition) is 2. The van der Waals surface area contributed by atoms with E-state index < -0.39 is 0 Å². The highest BCUT2D eigenvalue weighted by Gasteiger charge is 2.14. The van der Waals surface area contributed by atoms with Gasteiger partial charge in [0.15, 0.2) is 0 Å². The Bertz CT molecular complexity index is 1270. The maximum Gasteiger partial charge on any atom is 0.124 e. The molecule has 4 aromatic carbocycles. The molecule has 0 radical (unpaired) electrons. The average Bonchev–Trinajstić information content (AvgIpc) is 2.85. The third kappa shape index (κ3) is 5.36. The summed E-state index contributed by atoms with van der Waals surface area (Å²) in [6.07, 6.45) is 0. The Hall–Kier alpha value is -4.18. The lowest BCUT2D eigenvalue weighted by Gasteiger charge is -2.14. The van der Waals surface area contributed by atoms with Crippen molar-refractivity contribution in [2.24, 2.45) is 9.98 Å². The second kappa shape index (κ2) is 10.4. The molecule has 0 aliphatic carbocycles. The van der Waals surface area contributed by atoms with E-state index >= 15 is 0 Å². The first kappa shape index (κ1) is 22.0. The topological polar surface area (TPSA) is 65.2 Å². The molecule has 1 unspecified atom stereocenters. The zero-order valence-corrected chi connectivity index (χ0v) is 18.5. The van der Waals surface area contributed by atoms with Crippen molar-refractivity contribution in [3.63, 3.8) is 0 Å². The molecule has 4 rings (SSSR count). The van der Waals surface area contributed by atoms with Gasteiger partial charge in [0.1, 0.15) is 11.5 Å². The van der Waals surface area contributed by atoms with Gasteiger partial charge in [-0.3, -0.25) is 9.98 Å². The first-order chi connectivity index (χ1) is 16.1. The van der Waals surface area contributed by atoms with Crippen LogP contribution >= 0.6 is 0 Å². The lowest BCUT2D eigenvalue weighted by Crippen LogP contribution is -2.14. The van der Waals surface area contributed by atoms with Crippen molar-refractivity contribution in [2.75, 3.05) is 6.54 Å². The Morgan fingerprint density at radius 1 is 0.606 bits per heavy atom. The van der Waals surface area contributed by atoms with Gasteiger partial charge >= 0.3 is 0 Å². The predicted molar refractivity (Wildman–Crippen MR) is 135 cm³/mol. The first-order valence-electron chi connectivity index (χ1n) is 10.9. The maximum absolute atomic E-state index is 10.5. The molecule has 33 heavy (non-hydrogen) atoms. The summed E-state index contributed by atoms with van der Waals surface area (Å²) in [5, 5.41) is 20.9. The van der Waals surface area contributed by atoms with E-state index in [1.165, 1.54) is 0 Å². The standard InChI is InChI=1S/C29H26N2O2/c1-21(31-29(23-14-6-3-7-15-23)25-17-9-11-19-27(25)33)20-30-28(22-12-4-2-5-13-22)24-16-8-10-18-26(24)32/h2-19,21,32-33H,20H2,1H3. The summed E-state index contributed by atoms with van der Waals surface area (Å²) in [4.78, 5) is 9.82. The molecule has 0 saturated carbocycles. The van der Waals surface area contributed by atoms with Crippen LogP contribution in [0.15, 0.2) is 119 Å². The van der Waals surface area contributed by atoms with Gasteiger partial charge in [-0.2, -0.15) is 0 Å². The number of phenolic OH excluding ortho intramolecular Hbond substituents is 2. The highest BCUT2D eigenvalue weighted by atomic mass is 16.3. The number of para-hydroxylation sites is 2. The van der Waals surface area contributed by atoms with Crippen LogP contribution in [0.1, 0.15) is 29.2 Å². The van der Waals surface area contributed by atoms with Gasteiger partial charge in [0.25, 0.3) is 0 Å². The van der Waals surface area contributed by atoms with Gasteiger partial charge in [0, 0.05) is 22.3 Å². The molecule has 2 N–H and O–H groups in total. The molecule has 4 nitrogen and oxygen atoms in total. The molecule has 4 aromatic rings. The van der Waals surface area contributed by atoms with E-state index in [0.717, 1.165) is 22.6 Å². The van der Waals surface area contributed by atoms with E-state index in [0.29, 0.717) is 17.7 Å². The fourth-order valence-corrected chi connectivity index (χ4v) is 3.66. The van der Waals surface area contributed by atoms with Crippen molar-refractivity contribution in [1.82, 2.24) is 0 Å². The second-order valence-corrected chi connectivity index (χ2v) is 7.78. The van der Waals surface area contributed by atoms with Crippen LogP contribution in [0.2, 0.25) is 0 Å². The second-order valence-electron chi connectivity index (χ2n) is 7.78. The zero-order chi connectivity index (χ0) is 23.0. The monoisotopic (exact) mass is 434 g/mol. The third-order valence-electron chi connectivity index (χ3n) is 5.28. The van der Waals surface area contributed by atoms with E-state index in [2.05, 4.69) is 0 Å². The molecular formula is C29H26N2O2. The van der Waals surface area contributed by atoms with Crippen LogP contribution in [0.25, 0.3) is 0 Å². The average molecular weight is 435 g/mol. The number of aromatic hydroxyl groups is 2. The fraction of sp³-hybridized carbons (Fsp3) is 0.103. The van der Waals surface area contributed by atoms with Gasteiger partial charge in [-0.15, -0.1) is 0 Å². The van der Waals surface area contributed by atoms with Gasteiger partial charge in [-0.1, -0.05) is 84.9 Å². The highest BCUT2D eigenvalue weighted by molar-refractivity contribution is 6.15. The molecule has 0 aliphatic rings. The van der Waals surface area contributed by atoms with Crippen LogP contribution in [0.5, 0.6) is 11.5 Å². The van der Waals surface area contributed by atoms with E-state index in [4.69, 9.17) is 9.98 Å². The Morgan fingerprint density at radius 2 is 1.03 bits per heavy atom. The Morgan fingerprint density at radius 3 is 1.55 bits per heavy atom. The first-order valence-corrected chi connectivity index (χ1v) is 10.9. The number of nitrogens with zero attached hydrogens (tertiary/aromatic N) is 2. The summed E-state index contributed by atoms with van der Waals surface area (Å²) in [6, 6.07) is 34.0. The molecule has 0 aromatic heterocycles. The molecule has 4 heteroatoms. The summed E-state index contributed by atoms with van der Waals surface area (Å²) in [7, 11) is 0. The summed E-state index contributed by atoms with van der Waals surface area (Å²) < 4.78 is 0. The maximum atomic E-state index is 10.5. The summed E-state index contributed by atoms with van der Waals surface area (Å²) >= 11 is 0. The van der Waals surface area contributed by atoms with Gasteiger partial charge < -0.3 is 10.2 Å². The van der Waals surface area contributed by atoms with Crippen LogP contribution in [0, 0.1) is 0 Å². The quantitative estimate of drug-likeness (QED) is 0.358. The van der Waals surface area contributed by atoms with E-state index in [1.807, 2.05) is 91.9 Å². The van der Waals surface area contributed by atoms with Crippen molar-refractivity contribution in [3.05, 3.63) is 131 Å². The molecule has 0 amide bonds. The van der Waals surface area contributed by atoms with Crippen LogP contribution in [0.3, 0.4) is 0 Å². The smallest absolute Gasteiger partial charge is 0.124 e. The molecule has 0 bridgehead atoms. The third-order valence-corrected chi connectivity index (χ3v) is 5.28. The van der Waals surface area contributed by atoms with Crippen LogP contribution in [-0.2, 0) is 0 Å².